The molecule has 1 atom stereocenters. The molecule has 0 aliphatic heterocycles. The minimum Gasteiger partial charge on any atom is -0.464 e. The largest absolute Gasteiger partial charge is 0.464 e. The van der Waals surface area contributed by atoms with Gasteiger partial charge in [-0.3, -0.25) is 4.79 Å². The van der Waals surface area contributed by atoms with Gasteiger partial charge in [-0.05, 0) is 24.7 Å². The van der Waals surface area contributed by atoms with Gasteiger partial charge in [0.25, 0.3) is 0 Å². The predicted octanol–water partition coefficient (Wildman–Crippen LogP) is 7.98. The molecule has 4 nitrogen and oxygen atoms in total. The average Bonchev–Trinajstić information content (AvgIpc) is 2.74. The Kier molecular flexibility index (Phi) is 21.0. The van der Waals surface area contributed by atoms with Gasteiger partial charge in [-0.2, -0.15) is 0 Å². The van der Waals surface area contributed by atoms with E-state index in [9.17, 15) is 9.59 Å². The topological polar surface area (TPSA) is 55.4 Å². The smallest absolute Gasteiger partial charge is 0.328 e. The highest BCUT2D eigenvalue weighted by Crippen LogP contribution is 2.14. The number of carbonyl (C=O) groups is 2. The second kappa shape index (κ2) is 21.8. The van der Waals surface area contributed by atoms with Crippen molar-refractivity contribution in [3.05, 3.63) is 0 Å². The van der Waals surface area contributed by atoms with Crippen LogP contribution in [0.4, 0.5) is 0 Å². The summed E-state index contributed by atoms with van der Waals surface area (Å²) in [4.78, 5) is 24.5. The zero-order valence-electron chi connectivity index (χ0n) is 22.2. The lowest BCUT2D eigenvalue weighted by molar-refractivity contribution is -0.149. The number of nitrogens with one attached hydrogen (secondary N) is 1. The lowest BCUT2D eigenvalue weighted by Crippen LogP contribution is -2.42. The summed E-state index contributed by atoms with van der Waals surface area (Å²) in [7, 11) is 0. The van der Waals surface area contributed by atoms with Crippen molar-refractivity contribution in [2.45, 2.75) is 150 Å². The first-order chi connectivity index (χ1) is 15.4. The van der Waals surface area contributed by atoms with Crippen molar-refractivity contribution >= 4 is 11.9 Å². The molecule has 0 bridgehead atoms. The van der Waals surface area contributed by atoms with E-state index in [1.54, 1.807) is 0 Å². The van der Waals surface area contributed by atoms with Crippen LogP contribution in [0.25, 0.3) is 0 Å². The van der Waals surface area contributed by atoms with Crippen LogP contribution in [0.3, 0.4) is 0 Å². The zero-order chi connectivity index (χ0) is 24.0. The molecule has 0 saturated heterocycles. The van der Waals surface area contributed by atoms with E-state index in [1.165, 1.54) is 70.6 Å². The molecule has 4 heteroatoms. The lowest BCUT2D eigenvalue weighted by atomic mass is 10.0. The second-order valence-electron chi connectivity index (χ2n) is 10.5. The molecular formula is C28H55NO3. The number of hydrogen-bond donors (Lipinski definition) is 1. The number of rotatable bonds is 22. The van der Waals surface area contributed by atoms with Gasteiger partial charge in [0.05, 0.1) is 6.61 Å². The van der Waals surface area contributed by atoms with Crippen molar-refractivity contribution < 1.29 is 14.3 Å². The van der Waals surface area contributed by atoms with Crippen molar-refractivity contribution in [2.75, 3.05) is 6.61 Å². The fourth-order valence-electron chi connectivity index (χ4n) is 3.88. The fraction of sp³-hybridized carbons (Fsp3) is 0.929. The molecule has 0 spiro atoms. The maximum absolute atomic E-state index is 12.3. The third kappa shape index (κ3) is 20.8. The highest BCUT2D eigenvalue weighted by molar-refractivity contribution is 5.84. The Balaban J connectivity index is 3.68. The van der Waals surface area contributed by atoms with Gasteiger partial charge in [0.1, 0.15) is 6.04 Å². The Bertz CT molecular complexity index is 448. The van der Waals surface area contributed by atoms with Gasteiger partial charge in [0.2, 0.25) is 5.91 Å². The van der Waals surface area contributed by atoms with E-state index in [1.807, 2.05) is 13.8 Å². The molecule has 0 heterocycles. The third-order valence-corrected chi connectivity index (χ3v) is 5.96. The molecule has 0 fully saturated rings. The Morgan fingerprint density at radius 2 is 1.16 bits per heavy atom. The Hall–Kier alpha value is -1.06. The standard InChI is InChI=1S/C28H55NO3/c1-6-7-21-26(28(31)32-23-25(4)5)29-27(30)22-19-17-15-13-11-9-8-10-12-14-16-18-20-24(2)3/h24-26H,6-23H2,1-5H3,(H,29,30). The first-order valence-electron chi connectivity index (χ1n) is 13.8. The highest BCUT2D eigenvalue weighted by Gasteiger charge is 2.21. The molecule has 32 heavy (non-hydrogen) atoms. The van der Waals surface area contributed by atoms with Crippen molar-refractivity contribution in [1.29, 1.82) is 0 Å². The summed E-state index contributed by atoms with van der Waals surface area (Å²) in [5, 5.41) is 2.91. The molecule has 1 amide bonds. The number of carbonyl (C=O) groups excluding carboxylic acids is 2. The van der Waals surface area contributed by atoms with Crippen LogP contribution in [0.15, 0.2) is 0 Å². The molecule has 0 aromatic carbocycles. The summed E-state index contributed by atoms with van der Waals surface area (Å²) in [6.45, 7) is 11.2. The minimum absolute atomic E-state index is 0.0130. The number of ether oxygens (including phenoxy) is 1. The number of amides is 1. The second-order valence-corrected chi connectivity index (χ2v) is 10.5. The van der Waals surface area contributed by atoms with Gasteiger partial charge < -0.3 is 10.1 Å². The number of unbranched alkanes of at least 4 members (excludes halogenated alkanes) is 12. The maximum Gasteiger partial charge on any atom is 0.328 e. The Labute approximate surface area is 200 Å². The first kappa shape index (κ1) is 30.9. The molecule has 0 rings (SSSR count). The molecule has 1 unspecified atom stereocenters. The van der Waals surface area contributed by atoms with Crippen molar-refractivity contribution in [1.82, 2.24) is 5.32 Å². The van der Waals surface area contributed by atoms with Crippen LogP contribution in [-0.4, -0.2) is 24.5 Å². The summed E-state index contributed by atoms with van der Waals surface area (Å²) in [6.07, 6.45) is 20.0. The van der Waals surface area contributed by atoms with E-state index in [0.717, 1.165) is 31.6 Å². The van der Waals surface area contributed by atoms with Crippen LogP contribution >= 0.6 is 0 Å². The van der Waals surface area contributed by atoms with Crippen molar-refractivity contribution in [3.63, 3.8) is 0 Å². The normalized spacial score (nSPS) is 12.3. The summed E-state index contributed by atoms with van der Waals surface area (Å²) >= 11 is 0. The fourth-order valence-corrected chi connectivity index (χ4v) is 3.88. The van der Waals surface area contributed by atoms with Gasteiger partial charge in [-0.25, -0.2) is 4.79 Å². The van der Waals surface area contributed by atoms with E-state index in [-0.39, 0.29) is 11.9 Å². The third-order valence-electron chi connectivity index (χ3n) is 5.96. The van der Waals surface area contributed by atoms with Crippen molar-refractivity contribution in [3.8, 4) is 0 Å². The van der Waals surface area contributed by atoms with Gasteiger partial charge >= 0.3 is 5.97 Å². The minimum atomic E-state index is -0.489. The van der Waals surface area contributed by atoms with E-state index >= 15 is 0 Å². The molecule has 1 N–H and O–H groups in total. The van der Waals surface area contributed by atoms with Gasteiger partial charge in [0, 0.05) is 6.42 Å². The van der Waals surface area contributed by atoms with Crippen LogP contribution < -0.4 is 5.32 Å². The molecule has 0 aromatic heterocycles. The summed E-state index contributed by atoms with van der Waals surface area (Å²) < 4.78 is 5.34. The van der Waals surface area contributed by atoms with Crippen LogP contribution in [0, 0.1) is 11.8 Å². The van der Waals surface area contributed by atoms with Crippen LogP contribution in [0.5, 0.6) is 0 Å². The molecular weight excluding hydrogens is 398 g/mol. The SMILES string of the molecule is CCCCC(NC(=O)CCCCCCCCCCCCCCC(C)C)C(=O)OCC(C)C. The Morgan fingerprint density at radius 1 is 0.656 bits per heavy atom. The monoisotopic (exact) mass is 453 g/mol. The molecule has 0 aromatic rings. The summed E-state index contributed by atoms with van der Waals surface area (Å²) in [6, 6.07) is -0.489. The average molecular weight is 454 g/mol. The summed E-state index contributed by atoms with van der Waals surface area (Å²) in [5.41, 5.74) is 0. The highest BCUT2D eigenvalue weighted by atomic mass is 16.5. The van der Waals surface area contributed by atoms with Gasteiger partial charge in [-0.15, -0.1) is 0 Å². The van der Waals surface area contributed by atoms with Gasteiger partial charge in [-0.1, -0.05) is 125 Å². The van der Waals surface area contributed by atoms with Gasteiger partial charge in [0.15, 0.2) is 0 Å². The van der Waals surface area contributed by atoms with Crippen LogP contribution in [0.1, 0.15) is 144 Å². The molecule has 0 aliphatic rings. The summed E-state index contributed by atoms with van der Waals surface area (Å²) in [5.74, 6) is 0.864. The molecule has 0 aliphatic carbocycles. The zero-order valence-corrected chi connectivity index (χ0v) is 22.2. The Morgan fingerprint density at radius 3 is 1.62 bits per heavy atom. The van der Waals surface area contributed by atoms with E-state index in [4.69, 9.17) is 4.74 Å². The molecule has 0 saturated carbocycles. The van der Waals surface area contributed by atoms with Crippen LogP contribution in [-0.2, 0) is 14.3 Å². The van der Waals surface area contributed by atoms with Crippen molar-refractivity contribution in [2.24, 2.45) is 11.8 Å². The van der Waals surface area contributed by atoms with Crippen LogP contribution in [0.2, 0.25) is 0 Å². The quantitative estimate of drug-likeness (QED) is 0.133. The maximum atomic E-state index is 12.3. The number of hydrogen-bond acceptors (Lipinski definition) is 3. The molecule has 190 valence electrons. The molecule has 0 radical (unpaired) electrons. The van der Waals surface area contributed by atoms with E-state index in [2.05, 4.69) is 26.1 Å². The lowest BCUT2D eigenvalue weighted by Gasteiger charge is -2.18. The predicted molar refractivity (Wildman–Crippen MR) is 137 cm³/mol. The number of esters is 1. The van der Waals surface area contributed by atoms with E-state index < -0.39 is 6.04 Å². The first-order valence-corrected chi connectivity index (χ1v) is 13.8. The van der Waals surface area contributed by atoms with E-state index in [0.29, 0.717) is 25.4 Å².